The summed E-state index contributed by atoms with van der Waals surface area (Å²) in [5.74, 6) is -1.42. The molecule has 1 aromatic heterocycles. The van der Waals surface area contributed by atoms with Crippen LogP contribution in [0.25, 0.3) is 28.3 Å². The van der Waals surface area contributed by atoms with E-state index in [0.29, 0.717) is 11.1 Å². The molecule has 0 unspecified atom stereocenters. The van der Waals surface area contributed by atoms with E-state index in [2.05, 4.69) is 21.5 Å². The van der Waals surface area contributed by atoms with Crippen LogP contribution in [-0.2, 0) is 9.47 Å². The number of aromatic nitrogens is 3. The van der Waals surface area contributed by atoms with Crippen molar-refractivity contribution in [2.75, 3.05) is 14.2 Å². The summed E-state index contributed by atoms with van der Waals surface area (Å²) in [4.78, 5) is 37.6. The number of hydrogen-bond acceptors (Lipinski definition) is 9. The van der Waals surface area contributed by atoms with E-state index >= 15 is 0 Å². The standard InChI is InChI=1S/C26H23N3O6/c1-5-8-17(19(30)6-2)23-27-22(15-11-13-16(14-12-15)25(32)34-3)28-24(29-23)21-18(26(33)35-4)9-7-10-20(21)31/h5-14,30-31H,2H2,1,3-4H3/b8-5-,19-17-. The smallest absolute Gasteiger partial charge is 0.338 e. The highest BCUT2D eigenvalue weighted by Gasteiger charge is 2.22. The molecule has 0 spiro atoms. The molecule has 0 fully saturated rings. The lowest BCUT2D eigenvalue weighted by Gasteiger charge is -2.12. The number of nitrogens with zero attached hydrogens (tertiary/aromatic N) is 3. The average molecular weight is 473 g/mol. The fraction of sp³-hybridized carbons (Fsp3) is 0.115. The highest BCUT2D eigenvalue weighted by molar-refractivity contribution is 5.98. The zero-order valence-corrected chi connectivity index (χ0v) is 19.3. The molecule has 0 aliphatic carbocycles. The molecule has 0 atom stereocenters. The number of carbonyl (C=O) groups is 2. The number of methoxy groups -OCH3 is 2. The van der Waals surface area contributed by atoms with Gasteiger partial charge in [-0.2, -0.15) is 0 Å². The second-order valence-electron chi connectivity index (χ2n) is 7.07. The first-order valence-corrected chi connectivity index (χ1v) is 10.4. The Morgan fingerprint density at radius 2 is 1.60 bits per heavy atom. The van der Waals surface area contributed by atoms with Gasteiger partial charge in [0.2, 0.25) is 0 Å². The number of hydrogen-bond donors (Lipinski definition) is 2. The number of benzene rings is 2. The van der Waals surface area contributed by atoms with Crippen molar-refractivity contribution in [3.05, 3.63) is 90.0 Å². The van der Waals surface area contributed by atoms with Crippen molar-refractivity contribution >= 4 is 17.5 Å². The van der Waals surface area contributed by atoms with Crippen LogP contribution in [0.1, 0.15) is 33.5 Å². The Bertz CT molecular complexity index is 1340. The predicted molar refractivity (Wildman–Crippen MR) is 130 cm³/mol. The highest BCUT2D eigenvalue weighted by Crippen LogP contribution is 2.33. The zero-order valence-electron chi connectivity index (χ0n) is 19.3. The second-order valence-corrected chi connectivity index (χ2v) is 7.07. The summed E-state index contributed by atoms with van der Waals surface area (Å²) in [6.45, 7) is 5.34. The molecular formula is C26H23N3O6. The fourth-order valence-electron chi connectivity index (χ4n) is 3.22. The molecule has 1 heterocycles. The Labute approximate surface area is 201 Å². The van der Waals surface area contributed by atoms with Crippen molar-refractivity contribution in [2.45, 2.75) is 6.92 Å². The summed E-state index contributed by atoms with van der Waals surface area (Å²) in [5.41, 5.74) is 1.16. The number of aromatic hydroxyl groups is 1. The monoisotopic (exact) mass is 473 g/mol. The maximum Gasteiger partial charge on any atom is 0.338 e. The number of phenolic OH excluding ortho intramolecular Hbond substituents is 1. The lowest BCUT2D eigenvalue weighted by atomic mass is 10.0. The van der Waals surface area contributed by atoms with Gasteiger partial charge in [0.25, 0.3) is 0 Å². The van der Waals surface area contributed by atoms with Gasteiger partial charge in [-0.3, -0.25) is 0 Å². The Hall–Kier alpha value is -4.79. The maximum atomic E-state index is 12.4. The van der Waals surface area contributed by atoms with Gasteiger partial charge < -0.3 is 19.7 Å². The van der Waals surface area contributed by atoms with E-state index < -0.39 is 11.9 Å². The number of aliphatic hydroxyl groups is 1. The molecule has 0 aliphatic rings. The van der Waals surface area contributed by atoms with Crippen molar-refractivity contribution in [3.63, 3.8) is 0 Å². The van der Waals surface area contributed by atoms with Gasteiger partial charge in [-0.15, -0.1) is 0 Å². The average Bonchev–Trinajstić information content (AvgIpc) is 2.89. The van der Waals surface area contributed by atoms with Crippen LogP contribution in [0.15, 0.2) is 73.0 Å². The Morgan fingerprint density at radius 1 is 0.943 bits per heavy atom. The van der Waals surface area contributed by atoms with E-state index in [1.165, 1.54) is 38.5 Å². The third-order valence-corrected chi connectivity index (χ3v) is 4.91. The normalized spacial score (nSPS) is 11.6. The van der Waals surface area contributed by atoms with E-state index in [0.717, 1.165) is 0 Å². The van der Waals surface area contributed by atoms with Gasteiger partial charge >= 0.3 is 11.9 Å². The molecule has 2 aromatic carbocycles. The van der Waals surface area contributed by atoms with Crippen LogP contribution in [0, 0.1) is 0 Å². The SMILES string of the molecule is C=C/C(O)=C(\C=C/C)c1nc(-c2ccc(C(=O)OC)cc2)nc(-c2c(O)cccc2C(=O)OC)n1. The topological polar surface area (TPSA) is 132 Å². The summed E-state index contributed by atoms with van der Waals surface area (Å²) >= 11 is 0. The van der Waals surface area contributed by atoms with Gasteiger partial charge in [0.15, 0.2) is 17.5 Å². The lowest BCUT2D eigenvalue weighted by molar-refractivity contribution is 0.0592. The Kier molecular flexibility index (Phi) is 7.73. The van der Waals surface area contributed by atoms with E-state index in [1.807, 2.05) is 0 Å². The first-order chi connectivity index (χ1) is 16.8. The van der Waals surface area contributed by atoms with Crippen LogP contribution in [0.3, 0.4) is 0 Å². The van der Waals surface area contributed by atoms with Crippen LogP contribution < -0.4 is 0 Å². The summed E-state index contributed by atoms with van der Waals surface area (Å²) in [6.07, 6.45) is 4.51. The van der Waals surface area contributed by atoms with Crippen LogP contribution in [-0.4, -0.2) is 51.3 Å². The molecule has 0 bridgehead atoms. The molecular weight excluding hydrogens is 450 g/mol. The second kappa shape index (κ2) is 10.9. The number of rotatable bonds is 7. The number of aliphatic hydroxyl groups excluding tert-OH is 1. The van der Waals surface area contributed by atoms with Crippen LogP contribution in [0.5, 0.6) is 5.75 Å². The minimum absolute atomic E-state index is 0.0283. The Morgan fingerprint density at radius 3 is 2.20 bits per heavy atom. The van der Waals surface area contributed by atoms with E-state index in [-0.39, 0.29) is 45.7 Å². The molecule has 35 heavy (non-hydrogen) atoms. The summed E-state index contributed by atoms with van der Waals surface area (Å²) < 4.78 is 9.58. The molecule has 0 amide bonds. The van der Waals surface area contributed by atoms with E-state index in [1.54, 1.807) is 43.3 Å². The van der Waals surface area contributed by atoms with Crippen LogP contribution >= 0.6 is 0 Å². The zero-order chi connectivity index (χ0) is 25.5. The third kappa shape index (κ3) is 5.25. The minimum Gasteiger partial charge on any atom is -0.507 e. The Balaban J connectivity index is 2.34. The van der Waals surface area contributed by atoms with E-state index in [9.17, 15) is 19.8 Å². The first-order valence-electron chi connectivity index (χ1n) is 10.4. The number of ether oxygens (including phenoxy) is 2. The highest BCUT2D eigenvalue weighted by atomic mass is 16.5. The van der Waals surface area contributed by atoms with E-state index in [4.69, 9.17) is 9.47 Å². The lowest BCUT2D eigenvalue weighted by Crippen LogP contribution is -2.08. The van der Waals surface area contributed by atoms with Gasteiger partial charge in [0, 0.05) is 5.56 Å². The summed E-state index contributed by atoms with van der Waals surface area (Å²) in [6, 6.07) is 10.7. The predicted octanol–water partition coefficient (Wildman–Crippen LogP) is 4.52. The molecule has 0 aliphatic heterocycles. The van der Waals surface area contributed by atoms with Crippen LogP contribution in [0.4, 0.5) is 0 Å². The maximum absolute atomic E-state index is 12.4. The summed E-state index contributed by atoms with van der Waals surface area (Å²) in [7, 11) is 2.51. The molecule has 0 radical (unpaired) electrons. The molecule has 178 valence electrons. The van der Waals surface area contributed by atoms with Gasteiger partial charge in [-0.1, -0.05) is 36.9 Å². The van der Waals surface area contributed by atoms with Crippen molar-refractivity contribution in [2.24, 2.45) is 0 Å². The summed E-state index contributed by atoms with van der Waals surface area (Å²) in [5, 5.41) is 21.0. The molecule has 3 aromatic rings. The molecule has 0 saturated carbocycles. The first kappa shape index (κ1) is 24.8. The number of carbonyl (C=O) groups excluding carboxylic acids is 2. The molecule has 3 rings (SSSR count). The number of allylic oxidation sites excluding steroid dienone is 4. The largest absolute Gasteiger partial charge is 0.507 e. The fourth-order valence-corrected chi connectivity index (χ4v) is 3.22. The van der Waals surface area contributed by atoms with Crippen molar-refractivity contribution in [1.82, 2.24) is 15.0 Å². The van der Waals surface area contributed by atoms with Crippen molar-refractivity contribution in [3.8, 4) is 28.5 Å². The number of phenols is 1. The number of esters is 2. The third-order valence-electron chi connectivity index (χ3n) is 4.91. The van der Waals surface area contributed by atoms with Gasteiger partial charge in [-0.25, -0.2) is 24.5 Å². The van der Waals surface area contributed by atoms with Crippen LogP contribution in [0.2, 0.25) is 0 Å². The molecule has 2 N–H and O–H groups in total. The van der Waals surface area contributed by atoms with Gasteiger partial charge in [0.1, 0.15) is 11.5 Å². The van der Waals surface area contributed by atoms with Gasteiger partial charge in [-0.05, 0) is 37.3 Å². The molecule has 9 nitrogen and oxygen atoms in total. The minimum atomic E-state index is -0.694. The molecule has 0 saturated heterocycles. The van der Waals surface area contributed by atoms with Crippen molar-refractivity contribution < 1.29 is 29.3 Å². The molecule has 9 heteroatoms. The quantitative estimate of drug-likeness (QED) is 0.289. The van der Waals surface area contributed by atoms with Crippen molar-refractivity contribution in [1.29, 1.82) is 0 Å². The van der Waals surface area contributed by atoms with Gasteiger partial charge in [0.05, 0.1) is 36.5 Å².